The number of fused-ring (bicyclic) bond motifs is 1. The van der Waals surface area contributed by atoms with Gasteiger partial charge in [0.1, 0.15) is 11.5 Å². The van der Waals surface area contributed by atoms with Gasteiger partial charge in [-0.1, -0.05) is 0 Å². The minimum absolute atomic E-state index is 0.00222. The van der Waals surface area contributed by atoms with Gasteiger partial charge in [0.25, 0.3) is 5.91 Å². The third kappa shape index (κ3) is 4.13. The molecule has 0 radical (unpaired) electrons. The maximum absolute atomic E-state index is 11.8. The summed E-state index contributed by atoms with van der Waals surface area (Å²) in [7, 11) is 0. The van der Waals surface area contributed by atoms with E-state index in [0.717, 1.165) is 0 Å². The number of halogens is 1. The van der Waals surface area contributed by atoms with Crippen molar-refractivity contribution in [2.75, 3.05) is 18.7 Å². The van der Waals surface area contributed by atoms with E-state index < -0.39 is 0 Å². The number of ether oxygens (including phenoxy) is 2. The Morgan fingerprint density at radius 1 is 1.20 bits per heavy atom. The van der Waals surface area contributed by atoms with Gasteiger partial charge in [0, 0.05) is 23.4 Å². The van der Waals surface area contributed by atoms with Gasteiger partial charge >= 0.3 is 0 Å². The van der Waals surface area contributed by atoms with Crippen LogP contribution in [-0.4, -0.2) is 35.7 Å². The van der Waals surface area contributed by atoms with Crippen LogP contribution in [0.1, 0.15) is 5.56 Å². The molecule has 0 bridgehead atoms. The zero-order valence-corrected chi connectivity index (χ0v) is 14.4. The van der Waals surface area contributed by atoms with Crippen molar-refractivity contribution < 1.29 is 24.5 Å². The number of carbonyl (C=O) groups is 1. The predicted octanol–water partition coefficient (Wildman–Crippen LogP) is 2.15. The maximum Gasteiger partial charge on any atom is 0.259 e. The number of amides is 1. The number of anilines is 1. The molecule has 25 heavy (non-hydrogen) atoms. The monoisotopic (exact) mass is 407 g/mol. The van der Waals surface area contributed by atoms with Crippen molar-refractivity contribution in [1.82, 2.24) is 5.43 Å². The van der Waals surface area contributed by atoms with Gasteiger partial charge in [-0.2, -0.15) is 5.10 Å². The van der Waals surface area contributed by atoms with Crippen LogP contribution in [0.4, 0.5) is 5.69 Å². The van der Waals surface area contributed by atoms with Crippen LogP contribution in [0.5, 0.6) is 23.0 Å². The van der Waals surface area contributed by atoms with Crippen LogP contribution in [0, 0.1) is 0 Å². The third-order valence-electron chi connectivity index (χ3n) is 3.31. The third-order valence-corrected chi connectivity index (χ3v) is 3.95. The number of phenols is 2. The Morgan fingerprint density at radius 2 is 2.00 bits per heavy atom. The first-order valence-electron chi connectivity index (χ1n) is 7.20. The van der Waals surface area contributed by atoms with Crippen molar-refractivity contribution in [1.29, 1.82) is 0 Å². The van der Waals surface area contributed by atoms with Gasteiger partial charge < -0.3 is 25.0 Å². The molecule has 0 aromatic heterocycles. The zero-order chi connectivity index (χ0) is 17.8. The Kier molecular flexibility index (Phi) is 4.94. The first-order valence-corrected chi connectivity index (χ1v) is 7.99. The Labute approximate surface area is 151 Å². The number of aromatic hydroxyl groups is 2. The number of phenolic OH excluding ortho intramolecular Hbond substituents is 2. The molecule has 1 aliphatic heterocycles. The molecule has 2 aromatic carbocycles. The minimum Gasteiger partial charge on any atom is -0.507 e. The Hall–Kier alpha value is -2.94. The van der Waals surface area contributed by atoms with Gasteiger partial charge in [0.2, 0.25) is 6.79 Å². The van der Waals surface area contributed by atoms with E-state index in [1.807, 2.05) is 0 Å². The highest BCUT2D eigenvalue weighted by Gasteiger charge is 2.13. The summed E-state index contributed by atoms with van der Waals surface area (Å²) < 4.78 is 10.9. The number of hydrogen-bond donors (Lipinski definition) is 4. The molecule has 0 atom stereocenters. The molecule has 0 spiro atoms. The average Bonchev–Trinajstić information content (AvgIpc) is 3.05. The number of benzene rings is 2. The first kappa shape index (κ1) is 16.9. The van der Waals surface area contributed by atoms with E-state index in [2.05, 4.69) is 31.8 Å². The lowest BCUT2D eigenvalue weighted by Crippen LogP contribution is -2.25. The molecule has 3 rings (SSSR count). The average molecular weight is 408 g/mol. The number of rotatable bonds is 5. The number of carbonyl (C=O) groups excluding carboxylic acids is 1. The van der Waals surface area contributed by atoms with Crippen molar-refractivity contribution in [3.63, 3.8) is 0 Å². The highest BCUT2D eigenvalue weighted by molar-refractivity contribution is 9.10. The molecule has 130 valence electrons. The highest BCUT2D eigenvalue weighted by atomic mass is 79.9. The lowest BCUT2D eigenvalue weighted by Gasteiger charge is -2.06. The van der Waals surface area contributed by atoms with Gasteiger partial charge in [-0.25, -0.2) is 5.43 Å². The normalized spacial score (nSPS) is 12.4. The van der Waals surface area contributed by atoms with E-state index >= 15 is 0 Å². The molecule has 0 aliphatic carbocycles. The fourth-order valence-corrected chi connectivity index (χ4v) is 2.43. The molecule has 0 saturated heterocycles. The van der Waals surface area contributed by atoms with Crippen LogP contribution in [-0.2, 0) is 4.79 Å². The summed E-state index contributed by atoms with van der Waals surface area (Å²) in [6.07, 6.45) is 1.28. The van der Waals surface area contributed by atoms with Gasteiger partial charge in [0.15, 0.2) is 11.5 Å². The summed E-state index contributed by atoms with van der Waals surface area (Å²) in [5, 5.41) is 25.8. The quantitative estimate of drug-likeness (QED) is 0.446. The van der Waals surface area contributed by atoms with Crippen molar-refractivity contribution in [2.24, 2.45) is 5.10 Å². The van der Waals surface area contributed by atoms with Crippen LogP contribution in [0.3, 0.4) is 0 Å². The lowest BCUT2D eigenvalue weighted by atomic mass is 10.2. The number of nitrogens with one attached hydrogen (secondary N) is 2. The highest BCUT2D eigenvalue weighted by Crippen LogP contribution is 2.34. The molecule has 0 fully saturated rings. The van der Waals surface area contributed by atoms with Gasteiger partial charge in [0.05, 0.1) is 17.2 Å². The van der Waals surface area contributed by atoms with Crippen LogP contribution < -0.4 is 20.2 Å². The molecule has 8 nitrogen and oxygen atoms in total. The molecule has 1 heterocycles. The maximum atomic E-state index is 11.8. The first-order chi connectivity index (χ1) is 12.0. The standard InChI is InChI=1S/C16H14BrN3O5/c17-11-3-9(12(21)5-13(11)22)6-19-20-16(23)7-18-10-1-2-14-15(4-10)25-8-24-14/h1-6,18,21-22H,7-8H2,(H,20,23). The van der Waals surface area contributed by atoms with E-state index in [-0.39, 0.29) is 30.7 Å². The summed E-state index contributed by atoms with van der Waals surface area (Å²) >= 11 is 3.13. The predicted molar refractivity (Wildman–Crippen MR) is 94.3 cm³/mol. The lowest BCUT2D eigenvalue weighted by molar-refractivity contribution is -0.119. The summed E-state index contributed by atoms with van der Waals surface area (Å²) in [6, 6.07) is 7.92. The van der Waals surface area contributed by atoms with Crippen molar-refractivity contribution in [3.05, 3.63) is 40.4 Å². The fraction of sp³-hybridized carbons (Fsp3) is 0.125. The number of hydrazone groups is 1. The Morgan fingerprint density at radius 3 is 2.84 bits per heavy atom. The summed E-state index contributed by atoms with van der Waals surface area (Å²) in [5.41, 5.74) is 3.39. The van der Waals surface area contributed by atoms with Crippen molar-refractivity contribution in [3.8, 4) is 23.0 Å². The molecule has 9 heteroatoms. The smallest absolute Gasteiger partial charge is 0.259 e. The molecule has 2 aromatic rings. The Balaban J connectivity index is 1.52. The molecule has 0 saturated carbocycles. The second-order valence-electron chi connectivity index (χ2n) is 5.08. The fourth-order valence-electron chi connectivity index (χ4n) is 2.07. The van der Waals surface area contributed by atoms with E-state index in [4.69, 9.17) is 9.47 Å². The van der Waals surface area contributed by atoms with E-state index in [0.29, 0.717) is 27.2 Å². The van der Waals surface area contributed by atoms with Gasteiger partial charge in [-0.3, -0.25) is 4.79 Å². The van der Waals surface area contributed by atoms with Crippen LogP contribution >= 0.6 is 15.9 Å². The van der Waals surface area contributed by atoms with Crippen LogP contribution in [0.15, 0.2) is 39.9 Å². The minimum atomic E-state index is -0.369. The van der Waals surface area contributed by atoms with Crippen LogP contribution in [0.25, 0.3) is 0 Å². The zero-order valence-electron chi connectivity index (χ0n) is 12.8. The topological polar surface area (TPSA) is 112 Å². The largest absolute Gasteiger partial charge is 0.507 e. The van der Waals surface area contributed by atoms with E-state index in [1.54, 1.807) is 18.2 Å². The van der Waals surface area contributed by atoms with Gasteiger partial charge in [-0.05, 0) is 34.1 Å². The molecular formula is C16H14BrN3O5. The summed E-state index contributed by atoms with van der Waals surface area (Å²) in [4.78, 5) is 11.8. The van der Waals surface area contributed by atoms with Crippen LogP contribution in [0.2, 0.25) is 0 Å². The molecule has 1 aliphatic rings. The van der Waals surface area contributed by atoms with E-state index in [9.17, 15) is 15.0 Å². The number of hydrogen-bond acceptors (Lipinski definition) is 7. The van der Waals surface area contributed by atoms with Crippen molar-refractivity contribution in [2.45, 2.75) is 0 Å². The summed E-state index contributed by atoms with van der Waals surface area (Å²) in [5.74, 6) is 0.673. The van der Waals surface area contributed by atoms with Crippen molar-refractivity contribution >= 4 is 33.7 Å². The molecule has 4 N–H and O–H groups in total. The van der Waals surface area contributed by atoms with E-state index in [1.165, 1.54) is 18.3 Å². The molecule has 1 amide bonds. The SMILES string of the molecule is O=C(CNc1ccc2c(c1)OCO2)NN=Cc1cc(Br)c(O)cc1O. The molecule has 0 unspecified atom stereocenters. The van der Waals surface area contributed by atoms with Gasteiger partial charge in [-0.15, -0.1) is 0 Å². The second-order valence-corrected chi connectivity index (χ2v) is 5.93. The molecular weight excluding hydrogens is 394 g/mol. The second kappa shape index (κ2) is 7.31. The summed E-state index contributed by atoms with van der Waals surface area (Å²) in [6.45, 7) is 0.191. The number of nitrogens with zero attached hydrogens (tertiary/aromatic N) is 1. The Bertz CT molecular complexity index is 841.